The van der Waals surface area contributed by atoms with Gasteiger partial charge in [0.25, 0.3) is 0 Å². The van der Waals surface area contributed by atoms with Gasteiger partial charge in [-0.3, -0.25) is 9.69 Å². The molecule has 0 spiro atoms. The van der Waals surface area contributed by atoms with Crippen LogP contribution in [0.4, 0.5) is 0 Å². The van der Waals surface area contributed by atoms with Gasteiger partial charge in [-0.1, -0.05) is 0 Å². The van der Waals surface area contributed by atoms with E-state index >= 15 is 0 Å². The van der Waals surface area contributed by atoms with Crippen molar-refractivity contribution in [3.8, 4) is 0 Å². The molecule has 0 aromatic heterocycles. The van der Waals surface area contributed by atoms with E-state index in [1.165, 1.54) is 39.3 Å². The molecule has 4 heteroatoms. The second-order valence-corrected chi connectivity index (χ2v) is 6.09. The van der Waals surface area contributed by atoms with Gasteiger partial charge in [0.2, 0.25) is 0 Å². The fourth-order valence-corrected chi connectivity index (χ4v) is 3.06. The first-order valence-electron chi connectivity index (χ1n) is 7.32. The SMILES string of the molecule is COC(=O)C(C1CC1)N1CCN(CC2CC2)CC1. The van der Waals surface area contributed by atoms with E-state index in [4.69, 9.17) is 4.74 Å². The molecule has 1 atom stereocenters. The maximum atomic E-state index is 11.9. The summed E-state index contributed by atoms with van der Waals surface area (Å²) in [6.45, 7) is 5.58. The molecule has 2 saturated carbocycles. The Morgan fingerprint density at radius 3 is 2.33 bits per heavy atom. The number of esters is 1. The zero-order chi connectivity index (χ0) is 12.5. The molecular weight excluding hydrogens is 228 g/mol. The summed E-state index contributed by atoms with van der Waals surface area (Å²) < 4.78 is 4.97. The number of carbonyl (C=O) groups excluding carboxylic acids is 1. The highest BCUT2D eigenvalue weighted by Crippen LogP contribution is 2.36. The monoisotopic (exact) mass is 252 g/mol. The first-order chi connectivity index (χ1) is 8.78. The Kier molecular flexibility index (Phi) is 3.57. The van der Waals surface area contributed by atoms with E-state index in [0.29, 0.717) is 5.92 Å². The molecule has 1 unspecified atom stereocenters. The Morgan fingerprint density at radius 1 is 1.17 bits per heavy atom. The highest BCUT2D eigenvalue weighted by Gasteiger charge is 2.42. The lowest BCUT2D eigenvalue weighted by Gasteiger charge is -2.38. The predicted molar refractivity (Wildman–Crippen MR) is 69.3 cm³/mol. The lowest BCUT2D eigenvalue weighted by molar-refractivity contribution is -0.148. The van der Waals surface area contributed by atoms with Gasteiger partial charge in [0.1, 0.15) is 6.04 Å². The molecule has 0 radical (unpaired) electrons. The molecule has 0 aromatic rings. The van der Waals surface area contributed by atoms with E-state index in [-0.39, 0.29) is 12.0 Å². The molecule has 1 heterocycles. The third-order valence-corrected chi connectivity index (χ3v) is 4.52. The van der Waals surface area contributed by atoms with Crippen LogP contribution < -0.4 is 0 Å². The quantitative estimate of drug-likeness (QED) is 0.683. The summed E-state index contributed by atoms with van der Waals surface area (Å²) in [7, 11) is 1.51. The van der Waals surface area contributed by atoms with E-state index in [0.717, 1.165) is 32.1 Å². The molecule has 0 aromatic carbocycles. The first-order valence-corrected chi connectivity index (χ1v) is 7.32. The van der Waals surface area contributed by atoms with Crippen LogP contribution in [-0.2, 0) is 9.53 Å². The average molecular weight is 252 g/mol. The summed E-state index contributed by atoms with van der Waals surface area (Å²) in [5.74, 6) is 1.51. The lowest BCUT2D eigenvalue weighted by atomic mass is 10.1. The molecule has 102 valence electrons. The Bertz CT molecular complexity index is 305. The number of rotatable bonds is 5. The second-order valence-electron chi connectivity index (χ2n) is 6.09. The number of methoxy groups -OCH3 is 1. The molecule has 3 aliphatic rings. The van der Waals surface area contributed by atoms with Crippen LogP contribution in [0, 0.1) is 11.8 Å². The van der Waals surface area contributed by atoms with Crippen molar-refractivity contribution in [2.24, 2.45) is 11.8 Å². The second kappa shape index (κ2) is 5.17. The predicted octanol–water partition coefficient (Wildman–Crippen LogP) is 0.966. The van der Waals surface area contributed by atoms with Gasteiger partial charge in [-0.15, -0.1) is 0 Å². The number of hydrogen-bond acceptors (Lipinski definition) is 4. The molecule has 2 aliphatic carbocycles. The van der Waals surface area contributed by atoms with Gasteiger partial charge < -0.3 is 9.64 Å². The smallest absolute Gasteiger partial charge is 0.323 e. The lowest BCUT2D eigenvalue weighted by Crippen LogP contribution is -2.54. The van der Waals surface area contributed by atoms with Crippen LogP contribution >= 0.6 is 0 Å². The molecule has 0 bridgehead atoms. The van der Waals surface area contributed by atoms with Gasteiger partial charge in [0.15, 0.2) is 0 Å². The van der Waals surface area contributed by atoms with Crippen LogP contribution in [0.3, 0.4) is 0 Å². The van der Waals surface area contributed by atoms with Crippen LogP contribution in [0.15, 0.2) is 0 Å². The van der Waals surface area contributed by atoms with Crippen LogP contribution in [0.5, 0.6) is 0 Å². The average Bonchev–Trinajstić information content (AvgIpc) is 3.25. The van der Waals surface area contributed by atoms with Crippen molar-refractivity contribution in [2.75, 3.05) is 39.8 Å². The largest absolute Gasteiger partial charge is 0.468 e. The van der Waals surface area contributed by atoms with E-state index in [1.807, 2.05) is 0 Å². The molecule has 3 fully saturated rings. The van der Waals surface area contributed by atoms with Gasteiger partial charge in [0, 0.05) is 32.7 Å². The molecule has 1 aliphatic heterocycles. The fraction of sp³-hybridized carbons (Fsp3) is 0.929. The molecule has 0 N–H and O–H groups in total. The van der Waals surface area contributed by atoms with Gasteiger partial charge in [0.05, 0.1) is 7.11 Å². The maximum absolute atomic E-state index is 11.9. The highest BCUT2D eigenvalue weighted by molar-refractivity contribution is 5.76. The number of hydrogen-bond donors (Lipinski definition) is 0. The Balaban J connectivity index is 1.51. The first kappa shape index (κ1) is 12.4. The zero-order valence-corrected chi connectivity index (χ0v) is 11.3. The Morgan fingerprint density at radius 2 is 1.83 bits per heavy atom. The highest BCUT2D eigenvalue weighted by atomic mass is 16.5. The normalized spacial score (nSPS) is 28.1. The summed E-state index contributed by atoms with van der Waals surface area (Å²) in [6, 6.07) is 0.0399. The standard InChI is InChI=1S/C14H24N2O2/c1-18-14(17)13(12-4-5-12)16-8-6-15(7-9-16)10-11-2-3-11/h11-13H,2-10H2,1H3. The molecule has 4 nitrogen and oxygen atoms in total. The Hall–Kier alpha value is -0.610. The third kappa shape index (κ3) is 2.86. The summed E-state index contributed by atoms with van der Waals surface area (Å²) in [5, 5.41) is 0. The van der Waals surface area contributed by atoms with Gasteiger partial charge in [-0.25, -0.2) is 0 Å². The number of nitrogens with zero attached hydrogens (tertiary/aromatic N) is 2. The van der Waals surface area contributed by atoms with Crippen LogP contribution in [0.25, 0.3) is 0 Å². The van der Waals surface area contributed by atoms with Gasteiger partial charge >= 0.3 is 5.97 Å². The third-order valence-electron chi connectivity index (χ3n) is 4.52. The summed E-state index contributed by atoms with van der Waals surface area (Å²) in [4.78, 5) is 16.8. The van der Waals surface area contributed by atoms with Crippen LogP contribution in [-0.4, -0.2) is 61.6 Å². The zero-order valence-electron chi connectivity index (χ0n) is 11.3. The Labute approximate surface area is 109 Å². The molecule has 1 saturated heterocycles. The van der Waals surface area contributed by atoms with E-state index in [9.17, 15) is 4.79 Å². The van der Waals surface area contributed by atoms with Crippen molar-refractivity contribution >= 4 is 5.97 Å². The summed E-state index contributed by atoms with van der Waals surface area (Å²) in [5.41, 5.74) is 0. The molecular formula is C14H24N2O2. The van der Waals surface area contributed by atoms with Crippen molar-refractivity contribution in [3.05, 3.63) is 0 Å². The van der Waals surface area contributed by atoms with Crippen molar-refractivity contribution in [3.63, 3.8) is 0 Å². The summed E-state index contributed by atoms with van der Waals surface area (Å²) >= 11 is 0. The maximum Gasteiger partial charge on any atom is 0.323 e. The van der Waals surface area contributed by atoms with Crippen molar-refractivity contribution in [1.29, 1.82) is 0 Å². The van der Waals surface area contributed by atoms with Crippen LogP contribution in [0.1, 0.15) is 25.7 Å². The molecule has 3 rings (SSSR count). The molecule has 0 amide bonds. The van der Waals surface area contributed by atoms with E-state index in [2.05, 4.69) is 9.80 Å². The number of ether oxygens (including phenoxy) is 1. The number of carbonyl (C=O) groups is 1. The fourth-order valence-electron chi connectivity index (χ4n) is 3.06. The van der Waals surface area contributed by atoms with E-state index < -0.39 is 0 Å². The van der Waals surface area contributed by atoms with Gasteiger partial charge in [-0.2, -0.15) is 0 Å². The van der Waals surface area contributed by atoms with Crippen molar-refractivity contribution < 1.29 is 9.53 Å². The van der Waals surface area contributed by atoms with E-state index in [1.54, 1.807) is 0 Å². The topological polar surface area (TPSA) is 32.8 Å². The number of piperazine rings is 1. The summed E-state index contributed by atoms with van der Waals surface area (Å²) in [6.07, 6.45) is 5.24. The van der Waals surface area contributed by atoms with Crippen LogP contribution in [0.2, 0.25) is 0 Å². The van der Waals surface area contributed by atoms with Crippen molar-refractivity contribution in [2.45, 2.75) is 31.7 Å². The minimum atomic E-state index is -0.0202. The van der Waals surface area contributed by atoms with Gasteiger partial charge in [-0.05, 0) is 37.5 Å². The minimum absolute atomic E-state index is 0.0202. The molecule has 18 heavy (non-hydrogen) atoms. The van der Waals surface area contributed by atoms with Crippen molar-refractivity contribution in [1.82, 2.24) is 9.80 Å². The minimum Gasteiger partial charge on any atom is -0.468 e.